The molecule has 3 aromatic rings. The number of benzene rings is 2. The molecule has 0 saturated heterocycles. The molecule has 1 aromatic heterocycles. The van der Waals surface area contributed by atoms with Gasteiger partial charge < -0.3 is 14.5 Å². The van der Waals surface area contributed by atoms with Gasteiger partial charge in [0.2, 0.25) is 5.91 Å². The Morgan fingerprint density at radius 3 is 2.81 bits per heavy atom. The smallest absolute Gasteiger partial charge is 0.289 e. The maximum absolute atomic E-state index is 12.6. The number of anilines is 1. The number of carbonyl (C=O) groups excluding carboxylic acids is 1. The van der Waals surface area contributed by atoms with Gasteiger partial charge >= 0.3 is 0 Å². The molecular weight excluding hydrogens is 432 g/mol. The van der Waals surface area contributed by atoms with Crippen LogP contribution in [0.1, 0.15) is 43.6 Å². The molecule has 2 aromatic carbocycles. The minimum atomic E-state index is -0.589. The van der Waals surface area contributed by atoms with Crippen LogP contribution >= 0.6 is 11.6 Å². The predicted octanol–water partition coefficient (Wildman–Crippen LogP) is 6.31. The van der Waals surface area contributed by atoms with Gasteiger partial charge in [0.05, 0.1) is 11.5 Å². The molecule has 0 radical (unpaired) electrons. The molecular formula is C24H23ClN2O5. The largest absolute Gasteiger partial charge is 0.493 e. The summed E-state index contributed by atoms with van der Waals surface area (Å²) in [5.74, 6) is 1.28. The standard InChI is InChI=1S/C24H23ClN2O5/c1-3-31-22-13-23-18(16-6-4-5-7-21(16)32-23)12-17(22)14(2)10-24(28)26-15-8-9-19(25)20(11-15)27(29)30/h8-13H,3-7H2,1-2H3,(H,26,28)/b14-10+. The number of hydrogen-bond donors (Lipinski definition) is 1. The van der Waals surface area contributed by atoms with Crippen LogP contribution in [0.4, 0.5) is 11.4 Å². The van der Waals surface area contributed by atoms with Crippen molar-refractivity contribution in [1.29, 1.82) is 0 Å². The number of hydrogen-bond acceptors (Lipinski definition) is 5. The average molecular weight is 455 g/mol. The Morgan fingerprint density at radius 1 is 1.28 bits per heavy atom. The molecule has 8 heteroatoms. The lowest BCUT2D eigenvalue weighted by Crippen LogP contribution is -2.09. The molecule has 4 rings (SSSR count). The van der Waals surface area contributed by atoms with Crippen molar-refractivity contribution < 1.29 is 18.9 Å². The minimum absolute atomic E-state index is 0.0119. The summed E-state index contributed by atoms with van der Waals surface area (Å²) < 4.78 is 11.9. The monoisotopic (exact) mass is 454 g/mol. The predicted molar refractivity (Wildman–Crippen MR) is 124 cm³/mol. The third-order valence-corrected chi connectivity index (χ3v) is 5.86. The van der Waals surface area contributed by atoms with Crippen LogP contribution < -0.4 is 10.1 Å². The van der Waals surface area contributed by atoms with Crippen LogP contribution in [-0.4, -0.2) is 17.4 Å². The molecule has 0 bridgehead atoms. The van der Waals surface area contributed by atoms with Gasteiger partial charge in [-0.3, -0.25) is 14.9 Å². The summed E-state index contributed by atoms with van der Waals surface area (Å²) >= 11 is 5.84. The number of nitro groups is 1. The molecule has 1 aliphatic carbocycles. The first-order valence-corrected chi connectivity index (χ1v) is 10.9. The Morgan fingerprint density at radius 2 is 2.06 bits per heavy atom. The number of halogens is 1. The maximum Gasteiger partial charge on any atom is 0.289 e. The van der Waals surface area contributed by atoms with Crippen molar-refractivity contribution in [3.63, 3.8) is 0 Å². The van der Waals surface area contributed by atoms with Crippen molar-refractivity contribution in [2.45, 2.75) is 39.5 Å². The van der Waals surface area contributed by atoms with E-state index < -0.39 is 10.8 Å². The molecule has 0 spiro atoms. The molecule has 1 heterocycles. The average Bonchev–Trinajstić information content (AvgIpc) is 3.12. The second kappa shape index (κ2) is 9.04. The fourth-order valence-corrected chi connectivity index (χ4v) is 4.24. The number of rotatable bonds is 6. The third-order valence-electron chi connectivity index (χ3n) is 5.54. The number of allylic oxidation sites excluding steroid dienone is 1. The number of furan rings is 1. The van der Waals surface area contributed by atoms with Crippen molar-refractivity contribution in [3.05, 3.63) is 68.4 Å². The van der Waals surface area contributed by atoms with Crippen LogP contribution in [0.5, 0.6) is 5.75 Å². The quantitative estimate of drug-likeness (QED) is 0.267. The van der Waals surface area contributed by atoms with Crippen molar-refractivity contribution in [2.24, 2.45) is 0 Å². The first-order valence-electron chi connectivity index (χ1n) is 10.5. The van der Waals surface area contributed by atoms with Gasteiger partial charge in [-0.25, -0.2) is 0 Å². The van der Waals surface area contributed by atoms with E-state index in [0.717, 1.165) is 48.0 Å². The van der Waals surface area contributed by atoms with E-state index in [0.29, 0.717) is 23.6 Å². The lowest BCUT2D eigenvalue weighted by Gasteiger charge is -2.12. The maximum atomic E-state index is 12.6. The summed E-state index contributed by atoms with van der Waals surface area (Å²) in [6.07, 6.45) is 5.63. The van der Waals surface area contributed by atoms with E-state index in [-0.39, 0.29) is 10.7 Å². The summed E-state index contributed by atoms with van der Waals surface area (Å²) in [6, 6.07) is 8.06. The number of ether oxygens (including phenoxy) is 1. The highest BCUT2D eigenvalue weighted by Crippen LogP contribution is 2.38. The summed E-state index contributed by atoms with van der Waals surface area (Å²) in [5, 5.41) is 14.8. The van der Waals surface area contributed by atoms with Gasteiger partial charge in [-0.05, 0) is 56.9 Å². The van der Waals surface area contributed by atoms with Gasteiger partial charge in [0.1, 0.15) is 22.1 Å². The SMILES string of the molecule is CCOc1cc2oc3c(c2cc1/C(C)=C/C(=O)Nc1ccc(Cl)c([N+](=O)[O-])c1)CCCC3. The summed E-state index contributed by atoms with van der Waals surface area (Å²) in [6.45, 7) is 4.22. The second-order valence-electron chi connectivity index (χ2n) is 7.73. The first kappa shape index (κ1) is 21.9. The zero-order valence-corrected chi connectivity index (χ0v) is 18.6. The summed E-state index contributed by atoms with van der Waals surface area (Å²) in [5.41, 5.74) is 3.59. The Labute approximate surface area is 190 Å². The topological polar surface area (TPSA) is 94.6 Å². The van der Waals surface area contributed by atoms with E-state index in [4.69, 9.17) is 20.8 Å². The molecule has 7 nitrogen and oxygen atoms in total. The molecule has 1 amide bonds. The van der Waals surface area contributed by atoms with Crippen LogP contribution in [0.2, 0.25) is 5.02 Å². The Balaban J connectivity index is 1.66. The number of aryl methyl sites for hydroxylation is 2. The highest BCUT2D eigenvalue weighted by atomic mass is 35.5. The van der Waals surface area contributed by atoms with E-state index >= 15 is 0 Å². The number of nitro benzene ring substituents is 1. The van der Waals surface area contributed by atoms with Crippen molar-refractivity contribution in [1.82, 2.24) is 0 Å². The molecule has 1 aliphatic rings. The highest BCUT2D eigenvalue weighted by molar-refractivity contribution is 6.32. The minimum Gasteiger partial charge on any atom is -0.493 e. The second-order valence-corrected chi connectivity index (χ2v) is 8.14. The third kappa shape index (κ3) is 4.34. The molecule has 32 heavy (non-hydrogen) atoms. The molecule has 0 atom stereocenters. The van der Waals surface area contributed by atoms with Gasteiger partial charge in [0.25, 0.3) is 5.69 Å². The van der Waals surface area contributed by atoms with Gasteiger partial charge in [0.15, 0.2) is 0 Å². The first-order chi connectivity index (χ1) is 15.4. The lowest BCUT2D eigenvalue weighted by atomic mass is 9.94. The Kier molecular flexibility index (Phi) is 6.19. The van der Waals surface area contributed by atoms with E-state index in [1.54, 1.807) is 0 Å². The van der Waals surface area contributed by atoms with Crippen LogP contribution in [0.3, 0.4) is 0 Å². The number of amides is 1. The van der Waals surface area contributed by atoms with E-state index in [1.807, 2.05) is 26.0 Å². The van der Waals surface area contributed by atoms with Crippen LogP contribution in [0.25, 0.3) is 16.5 Å². The number of fused-ring (bicyclic) bond motifs is 3. The van der Waals surface area contributed by atoms with E-state index in [1.165, 1.54) is 29.8 Å². The van der Waals surface area contributed by atoms with E-state index in [9.17, 15) is 14.9 Å². The molecule has 0 aliphatic heterocycles. The molecule has 0 fully saturated rings. The fourth-order valence-electron chi connectivity index (χ4n) is 4.06. The summed E-state index contributed by atoms with van der Waals surface area (Å²) in [7, 11) is 0. The molecule has 0 unspecified atom stereocenters. The zero-order valence-electron chi connectivity index (χ0n) is 17.9. The number of nitrogens with zero attached hydrogens (tertiary/aromatic N) is 1. The van der Waals surface area contributed by atoms with Gasteiger partial charge in [0, 0.05) is 46.8 Å². The van der Waals surface area contributed by atoms with Gasteiger partial charge in [-0.2, -0.15) is 0 Å². The highest BCUT2D eigenvalue weighted by Gasteiger charge is 2.21. The van der Waals surface area contributed by atoms with Crippen LogP contribution in [0, 0.1) is 10.1 Å². The number of carbonyl (C=O) groups is 1. The molecule has 1 N–H and O–H groups in total. The van der Waals surface area contributed by atoms with Crippen LogP contribution in [-0.2, 0) is 17.6 Å². The van der Waals surface area contributed by atoms with Crippen molar-refractivity contribution in [2.75, 3.05) is 11.9 Å². The van der Waals surface area contributed by atoms with Crippen LogP contribution in [0.15, 0.2) is 40.8 Å². The van der Waals surface area contributed by atoms with Crippen molar-refractivity contribution in [3.8, 4) is 5.75 Å². The van der Waals surface area contributed by atoms with Gasteiger partial charge in [-0.15, -0.1) is 0 Å². The number of nitrogens with one attached hydrogen (secondary N) is 1. The molecule has 0 saturated carbocycles. The lowest BCUT2D eigenvalue weighted by molar-refractivity contribution is -0.384. The normalized spacial score (nSPS) is 13.7. The Bertz CT molecular complexity index is 1240. The van der Waals surface area contributed by atoms with Crippen molar-refractivity contribution >= 4 is 45.4 Å². The molecule has 166 valence electrons. The summed E-state index contributed by atoms with van der Waals surface area (Å²) in [4.78, 5) is 23.1. The fraction of sp³-hybridized carbons (Fsp3) is 0.292. The Hall–Kier alpha value is -3.32. The van der Waals surface area contributed by atoms with E-state index in [2.05, 4.69) is 5.32 Å². The zero-order chi connectivity index (χ0) is 22.8. The van der Waals surface area contributed by atoms with Gasteiger partial charge in [-0.1, -0.05) is 11.6 Å².